The zero-order chi connectivity index (χ0) is 15.5. The molecule has 1 fully saturated rings. The first-order chi connectivity index (χ1) is 9.78. The van der Waals surface area contributed by atoms with Gasteiger partial charge in [-0.25, -0.2) is 0 Å². The molecule has 2 atom stereocenters. The third-order valence-corrected chi connectivity index (χ3v) is 4.98. The third kappa shape index (κ3) is 4.85. The summed E-state index contributed by atoms with van der Waals surface area (Å²) in [7, 11) is 0. The van der Waals surface area contributed by atoms with Gasteiger partial charge in [0.15, 0.2) is 0 Å². The van der Waals surface area contributed by atoms with Crippen LogP contribution in [-0.2, 0) is 0 Å². The second-order valence-corrected chi connectivity index (χ2v) is 8.67. The fourth-order valence-corrected chi connectivity index (χ4v) is 3.56. The lowest BCUT2D eigenvalue weighted by Gasteiger charge is -2.35. The van der Waals surface area contributed by atoms with Gasteiger partial charge >= 0.3 is 0 Å². The van der Waals surface area contributed by atoms with Crippen molar-refractivity contribution < 1.29 is 0 Å². The van der Waals surface area contributed by atoms with Crippen molar-refractivity contribution in [3.8, 4) is 0 Å². The fourth-order valence-electron chi connectivity index (χ4n) is 3.56. The lowest BCUT2D eigenvalue weighted by Crippen LogP contribution is -2.39. The molecule has 0 aliphatic heterocycles. The molecule has 1 aromatic rings. The molecule has 1 N–H and O–H groups in total. The second-order valence-electron chi connectivity index (χ2n) is 8.67. The van der Waals surface area contributed by atoms with Crippen molar-refractivity contribution in [1.82, 2.24) is 5.32 Å². The maximum absolute atomic E-state index is 3.99. The molecule has 1 saturated carbocycles. The summed E-state index contributed by atoms with van der Waals surface area (Å²) in [6.07, 6.45) is 6.71. The summed E-state index contributed by atoms with van der Waals surface area (Å²) >= 11 is 0. The van der Waals surface area contributed by atoms with Crippen LogP contribution in [0.2, 0.25) is 0 Å². The molecular weight excluding hydrogens is 254 g/mol. The molecule has 1 aliphatic rings. The highest BCUT2D eigenvalue weighted by molar-refractivity contribution is 5.21. The normalized spacial score (nSPS) is 24.3. The molecule has 21 heavy (non-hydrogen) atoms. The van der Waals surface area contributed by atoms with E-state index < -0.39 is 0 Å². The summed E-state index contributed by atoms with van der Waals surface area (Å²) < 4.78 is 0. The number of nitrogens with one attached hydrogen (secondary N) is 1. The summed E-state index contributed by atoms with van der Waals surface area (Å²) in [5.74, 6) is 0. The number of benzene rings is 1. The Morgan fingerprint density at radius 1 is 1.05 bits per heavy atom. The molecule has 1 aromatic carbocycles. The molecule has 0 amide bonds. The topological polar surface area (TPSA) is 12.0 Å². The molecule has 2 unspecified atom stereocenters. The van der Waals surface area contributed by atoms with Gasteiger partial charge in [0.25, 0.3) is 0 Å². The Kier molecular flexibility index (Phi) is 5.14. The molecule has 118 valence electrons. The molecular formula is C20H33N. The van der Waals surface area contributed by atoms with Gasteiger partial charge < -0.3 is 5.32 Å². The van der Waals surface area contributed by atoms with Crippen LogP contribution in [-0.4, -0.2) is 6.04 Å². The van der Waals surface area contributed by atoms with E-state index in [0.29, 0.717) is 17.5 Å². The Morgan fingerprint density at radius 2 is 1.71 bits per heavy atom. The number of hydrogen-bond acceptors (Lipinski definition) is 1. The zero-order valence-corrected chi connectivity index (χ0v) is 14.6. The van der Waals surface area contributed by atoms with Gasteiger partial charge in [0.1, 0.15) is 0 Å². The number of hydrogen-bond donors (Lipinski definition) is 1. The van der Waals surface area contributed by atoms with Crippen molar-refractivity contribution in [1.29, 1.82) is 0 Å². The van der Waals surface area contributed by atoms with Crippen LogP contribution in [0.15, 0.2) is 30.3 Å². The molecule has 0 spiro atoms. The van der Waals surface area contributed by atoms with Gasteiger partial charge in [-0.2, -0.15) is 0 Å². The lowest BCUT2D eigenvalue weighted by atomic mass is 9.81. The van der Waals surface area contributed by atoms with Crippen LogP contribution in [0, 0.1) is 10.8 Å². The van der Waals surface area contributed by atoms with E-state index in [1.807, 2.05) is 0 Å². The van der Waals surface area contributed by atoms with Gasteiger partial charge in [0, 0.05) is 12.1 Å². The van der Waals surface area contributed by atoms with Crippen LogP contribution in [0.3, 0.4) is 0 Å². The Morgan fingerprint density at radius 3 is 2.33 bits per heavy atom. The minimum absolute atomic E-state index is 0.239. The molecule has 0 radical (unpaired) electrons. The lowest BCUT2D eigenvalue weighted by molar-refractivity contribution is 0.236. The van der Waals surface area contributed by atoms with E-state index in [1.54, 1.807) is 0 Å². The second kappa shape index (κ2) is 6.52. The number of rotatable bonds is 3. The van der Waals surface area contributed by atoms with Crippen LogP contribution in [0.25, 0.3) is 0 Å². The Labute approximate surface area is 131 Å². The summed E-state index contributed by atoms with van der Waals surface area (Å²) in [6.45, 7) is 11.9. The maximum Gasteiger partial charge on any atom is 0.0371 e. The largest absolute Gasteiger partial charge is 0.307 e. The molecule has 0 aromatic heterocycles. The van der Waals surface area contributed by atoms with Crippen LogP contribution >= 0.6 is 0 Å². The average molecular weight is 287 g/mol. The highest BCUT2D eigenvalue weighted by Crippen LogP contribution is 2.37. The average Bonchev–Trinajstić information content (AvgIpc) is 2.57. The molecule has 1 heteroatoms. The smallest absolute Gasteiger partial charge is 0.0371 e. The van der Waals surface area contributed by atoms with Gasteiger partial charge in [-0.3, -0.25) is 0 Å². The van der Waals surface area contributed by atoms with Gasteiger partial charge in [-0.1, -0.05) is 71.4 Å². The molecule has 0 bridgehead atoms. The van der Waals surface area contributed by atoms with Gasteiger partial charge in [-0.15, -0.1) is 0 Å². The highest BCUT2D eigenvalue weighted by Gasteiger charge is 2.30. The van der Waals surface area contributed by atoms with Gasteiger partial charge in [0.2, 0.25) is 0 Å². The molecule has 1 nitrogen and oxygen atoms in total. The van der Waals surface area contributed by atoms with Crippen molar-refractivity contribution in [2.75, 3.05) is 0 Å². The Balaban J connectivity index is 2.09. The predicted molar refractivity (Wildman–Crippen MR) is 92.4 cm³/mol. The van der Waals surface area contributed by atoms with Crippen LogP contribution < -0.4 is 5.32 Å². The first-order valence-corrected chi connectivity index (χ1v) is 8.59. The summed E-state index contributed by atoms with van der Waals surface area (Å²) in [5, 5.41) is 3.99. The van der Waals surface area contributed by atoms with E-state index in [2.05, 4.69) is 70.3 Å². The molecule has 0 heterocycles. The Bertz CT molecular complexity index is 427. The quantitative estimate of drug-likeness (QED) is 0.701. The minimum atomic E-state index is 0.239. The predicted octanol–water partition coefficient (Wildman–Crippen LogP) is 5.72. The Hall–Kier alpha value is -0.820. The van der Waals surface area contributed by atoms with E-state index >= 15 is 0 Å². The van der Waals surface area contributed by atoms with Crippen LogP contribution in [0.1, 0.15) is 78.3 Å². The van der Waals surface area contributed by atoms with Crippen molar-refractivity contribution in [3.05, 3.63) is 35.9 Å². The van der Waals surface area contributed by atoms with Crippen molar-refractivity contribution in [2.24, 2.45) is 10.8 Å². The van der Waals surface area contributed by atoms with Crippen LogP contribution in [0.4, 0.5) is 0 Å². The zero-order valence-electron chi connectivity index (χ0n) is 14.6. The SMILES string of the molecule is CC1(C)CCCC(NC(c2ccccc2)C(C)(C)C)CC1. The molecule has 2 rings (SSSR count). The summed E-state index contributed by atoms with van der Waals surface area (Å²) in [4.78, 5) is 0. The maximum atomic E-state index is 3.99. The van der Waals surface area contributed by atoms with E-state index in [1.165, 1.54) is 37.7 Å². The highest BCUT2D eigenvalue weighted by atomic mass is 15.0. The monoisotopic (exact) mass is 287 g/mol. The summed E-state index contributed by atoms with van der Waals surface area (Å²) in [5.41, 5.74) is 2.19. The summed E-state index contributed by atoms with van der Waals surface area (Å²) in [6, 6.07) is 12.1. The van der Waals surface area contributed by atoms with E-state index in [4.69, 9.17) is 0 Å². The minimum Gasteiger partial charge on any atom is -0.307 e. The van der Waals surface area contributed by atoms with E-state index in [0.717, 1.165) is 0 Å². The van der Waals surface area contributed by atoms with Crippen molar-refractivity contribution in [3.63, 3.8) is 0 Å². The van der Waals surface area contributed by atoms with Gasteiger partial charge in [-0.05, 0) is 42.1 Å². The van der Waals surface area contributed by atoms with Crippen molar-refractivity contribution >= 4 is 0 Å². The first kappa shape index (κ1) is 16.5. The molecule has 0 saturated heterocycles. The first-order valence-electron chi connectivity index (χ1n) is 8.59. The van der Waals surface area contributed by atoms with Crippen LogP contribution in [0.5, 0.6) is 0 Å². The van der Waals surface area contributed by atoms with E-state index in [-0.39, 0.29) is 5.41 Å². The van der Waals surface area contributed by atoms with Crippen molar-refractivity contribution in [2.45, 2.75) is 78.8 Å². The van der Waals surface area contributed by atoms with E-state index in [9.17, 15) is 0 Å². The van der Waals surface area contributed by atoms with Gasteiger partial charge in [0.05, 0.1) is 0 Å². The third-order valence-electron chi connectivity index (χ3n) is 4.98. The molecule has 1 aliphatic carbocycles. The fraction of sp³-hybridized carbons (Fsp3) is 0.700. The standard InChI is InChI=1S/C20H33N/c1-19(2,3)18(16-10-7-6-8-11-16)21-17-12-9-14-20(4,5)15-13-17/h6-8,10-11,17-18,21H,9,12-15H2,1-5H3.